The van der Waals surface area contributed by atoms with Gasteiger partial charge in [-0.1, -0.05) is 6.07 Å². The summed E-state index contributed by atoms with van der Waals surface area (Å²) >= 11 is 0. The van der Waals surface area contributed by atoms with Crippen LogP contribution in [-0.2, 0) is 18.7 Å². The summed E-state index contributed by atoms with van der Waals surface area (Å²) in [6.07, 6.45) is 4.78. The lowest BCUT2D eigenvalue weighted by molar-refractivity contribution is 0.0738. The van der Waals surface area contributed by atoms with Gasteiger partial charge in [-0.05, 0) is 32.4 Å². The average molecular weight is 394 g/mol. The number of rotatable bonds is 6. The number of nitrogens with zero attached hydrogens (tertiary/aromatic N) is 6. The van der Waals surface area contributed by atoms with Crippen molar-refractivity contribution in [3.05, 3.63) is 53.4 Å². The number of hydrogen-bond acceptors (Lipinski definition) is 9. The number of anilines is 1. The number of nitrogens with two attached hydrogens (primary N) is 1. The summed E-state index contributed by atoms with van der Waals surface area (Å²) in [7, 11) is 0. The van der Waals surface area contributed by atoms with Gasteiger partial charge >= 0.3 is 0 Å². The first-order valence-electron chi connectivity index (χ1n) is 9.13. The molecule has 4 heterocycles. The molecule has 4 N–H and O–H groups in total. The van der Waals surface area contributed by atoms with Crippen LogP contribution in [0.2, 0.25) is 0 Å². The lowest BCUT2D eigenvalue weighted by Crippen LogP contribution is -2.18. The third-order valence-electron chi connectivity index (χ3n) is 4.48. The standard InChI is InChI=1S/C19H22N8O2/c1-11-15(17-22-6-7-29-17)25-18(20)27-16(11)24-14(26-27)10-21-8-12-4-5-13(23-9-12)19(2,3)28/h4-7,9,21,28H,8,10H2,1-3H3,(H2,20,25). The van der Waals surface area contributed by atoms with E-state index >= 15 is 0 Å². The average Bonchev–Trinajstić information content (AvgIpc) is 3.35. The number of nitrogen functional groups attached to an aromatic ring is 1. The molecule has 4 aromatic rings. The molecule has 4 rings (SSSR count). The van der Waals surface area contributed by atoms with E-state index in [4.69, 9.17) is 10.2 Å². The number of aliphatic hydroxyl groups is 1. The van der Waals surface area contributed by atoms with E-state index in [9.17, 15) is 5.11 Å². The van der Waals surface area contributed by atoms with E-state index in [1.54, 1.807) is 26.2 Å². The Balaban J connectivity index is 1.49. The Morgan fingerprint density at radius 2 is 2.03 bits per heavy atom. The number of nitrogens with one attached hydrogen (secondary N) is 1. The SMILES string of the molecule is Cc1c(-c2ncco2)nc(N)n2nc(CNCc3ccc(C(C)(C)O)nc3)nc12. The van der Waals surface area contributed by atoms with E-state index in [2.05, 4.69) is 30.4 Å². The highest BCUT2D eigenvalue weighted by atomic mass is 16.3. The third kappa shape index (κ3) is 3.80. The minimum Gasteiger partial charge on any atom is -0.443 e. The van der Waals surface area contributed by atoms with Gasteiger partial charge < -0.3 is 20.6 Å². The fraction of sp³-hybridized carbons (Fsp3) is 0.316. The minimum absolute atomic E-state index is 0.212. The summed E-state index contributed by atoms with van der Waals surface area (Å²) in [5.74, 6) is 1.19. The maximum Gasteiger partial charge on any atom is 0.245 e. The van der Waals surface area contributed by atoms with E-state index in [1.165, 1.54) is 10.8 Å². The first-order chi connectivity index (χ1) is 13.8. The van der Waals surface area contributed by atoms with Crippen molar-refractivity contribution >= 4 is 11.6 Å². The van der Waals surface area contributed by atoms with Crippen LogP contribution < -0.4 is 11.1 Å². The summed E-state index contributed by atoms with van der Waals surface area (Å²) < 4.78 is 6.85. The molecule has 0 spiro atoms. The van der Waals surface area contributed by atoms with Gasteiger partial charge in [0.2, 0.25) is 11.8 Å². The van der Waals surface area contributed by atoms with Crippen LogP contribution in [0.3, 0.4) is 0 Å². The second-order valence-corrected chi connectivity index (χ2v) is 7.26. The molecular formula is C19H22N8O2. The Hall–Kier alpha value is -3.37. The molecule has 0 atom stereocenters. The van der Waals surface area contributed by atoms with Gasteiger partial charge in [0.1, 0.15) is 17.6 Å². The molecule has 29 heavy (non-hydrogen) atoms. The van der Waals surface area contributed by atoms with Gasteiger partial charge in [-0.25, -0.2) is 15.0 Å². The predicted octanol–water partition coefficient (Wildman–Crippen LogP) is 1.58. The summed E-state index contributed by atoms with van der Waals surface area (Å²) in [5, 5.41) is 17.7. The normalized spacial score (nSPS) is 12.0. The zero-order valence-corrected chi connectivity index (χ0v) is 16.4. The zero-order chi connectivity index (χ0) is 20.6. The molecule has 0 amide bonds. The fourth-order valence-corrected chi connectivity index (χ4v) is 2.94. The highest BCUT2D eigenvalue weighted by Crippen LogP contribution is 2.24. The summed E-state index contributed by atoms with van der Waals surface area (Å²) in [6.45, 7) is 6.32. The largest absolute Gasteiger partial charge is 0.443 e. The molecule has 0 radical (unpaired) electrons. The summed E-state index contributed by atoms with van der Waals surface area (Å²) in [6, 6.07) is 3.75. The number of fused-ring (bicyclic) bond motifs is 1. The molecule has 4 aromatic heterocycles. The number of oxazole rings is 1. The first kappa shape index (κ1) is 19.0. The molecular weight excluding hydrogens is 372 g/mol. The summed E-state index contributed by atoms with van der Waals surface area (Å²) in [4.78, 5) is 17.4. The number of aryl methyl sites for hydroxylation is 1. The van der Waals surface area contributed by atoms with Gasteiger partial charge in [0, 0.05) is 18.3 Å². The summed E-state index contributed by atoms with van der Waals surface area (Å²) in [5.41, 5.74) is 8.65. The quantitative estimate of drug-likeness (QED) is 0.444. The molecule has 0 bridgehead atoms. The molecule has 150 valence electrons. The van der Waals surface area contributed by atoms with Gasteiger partial charge in [-0.15, -0.1) is 5.10 Å². The van der Waals surface area contributed by atoms with Gasteiger partial charge in [-0.2, -0.15) is 4.52 Å². The van der Waals surface area contributed by atoms with E-state index in [0.29, 0.717) is 41.8 Å². The first-order valence-corrected chi connectivity index (χ1v) is 9.13. The molecule has 0 aliphatic heterocycles. The predicted molar refractivity (Wildman–Crippen MR) is 105 cm³/mol. The number of aromatic nitrogens is 6. The Bertz CT molecular complexity index is 1130. The van der Waals surface area contributed by atoms with Crippen molar-refractivity contribution in [3.63, 3.8) is 0 Å². The van der Waals surface area contributed by atoms with Crippen LogP contribution in [0.25, 0.3) is 17.2 Å². The highest BCUT2D eigenvalue weighted by Gasteiger charge is 2.18. The third-order valence-corrected chi connectivity index (χ3v) is 4.48. The number of hydrogen-bond donors (Lipinski definition) is 3. The van der Waals surface area contributed by atoms with Gasteiger partial charge in [0.25, 0.3) is 0 Å². The smallest absolute Gasteiger partial charge is 0.245 e. The van der Waals surface area contributed by atoms with Crippen LogP contribution in [-0.4, -0.2) is 34.7 Å². The maximum absolute atomic E-state index is 9.98. The van der Waals surface area contributed by atoms with Crippen LogP contribution >= 0.6 is 0 Å². The lowest BCUT2D eigenvalue weighted by atomic mass is 10.0. The Morgan fingerprint density at radius 1 is 1.21 bits per heavy atom. The van der Waals surface area contributed by atoms with Crippen LogP contribution in [0, 0.1) is 6.92 Å². The van der Waals surface area contributed by atoms with Crippen LogP contribution in [0.1, 0.15) is 36.5 Å². The van der Waals surface area contributed by atoms with Crippen molar-refractivity contribution in [1.82, 2.24) is 34.9 Å². The Labute approximate surface area is 166 Å². The van der Waals surface area contributed by atoms with E-state index in [0.717, 1.165) is 11.1 Å². The topological polar surface area (TPSA) is 140 Å². The number of pyridine rings is 1. The van der Waals surface area contributed by atoms with Crippen molar-refractivity contribution in [1.29, 1.82) is 0 Å². The minimum atomic E-state index is -0.956. The van der Waals surface area contributed by atoms with Gasteiger partial charge in [-0.3, -0.25) is 4.98 Å². The lowest BCUT2D eigenvalue weighted by Gasteiger charge is -2.16. The second kappa shape index (κ2) is 7.22. The van der Waals surface area contributed by atoms with E-state index in [1.807, 2.05) is 19.1 Å². The monoisotopic (exact) mass is 394 g/mol. The van der Waals surface area contributed by atoms with Crippen molar-refractivity contribution < 1.29 is 9.52 Å². The van der Waals surface area contributed by atoms with Crippen LogP contribution in [0.5, 0.6) is 0 Å². The molecule has 0 aliphatic rings. The Kier molecular flexibility index (Phi) is 4.73. The molecule has 0 saturated carbocycles. The molecule has 0 unspecified atom stereocenters. The van der Waals surface area contributed by atoms with Crippen molar-refractivity contribution in [2.45, 2.75) is 39.5 Å². The van der Waals surface area contributed by atoms with Crippen LogP contribution in [0.15, 0.2) is 35.2 Å². The fourth-order valence-electron chi connectivity index (χ4n) is 2.94. The van der Waals surface area contributed by atoms with E-state index in [-0.39, 0.29) is 5.95 Å². The van der Waals surface area contributed by atoms with Gasteiger partial charge in [0.05, 0.1) is 18.4 Å². The van der Waals surface area contributed by atoms with Gasteiger partial charge in [0.15, 0.2) is 11.5 Å². The maximum atomic E-state index is 9.98. The molecule has 0 aromatic carbocycles. The molecule has 10 heteroatoms. The van der Waals surface area contributed by atoms with Crippen LogP contribution in [0.4, 0.5) is 5.95 Å². The molecule has 0 aliphatic carbocycles. The van der Waals surface area contributed by atoms with Crippen molar-refractivity contribution in [3.8, 4) is 11.6 Å². The molecule has 0 fully saturated rings. The zero-order valence-electron chi connectivity index (χ0n) is 16.4. The molecule has 10 nitrogen and oxygen atoms in total. The van der Waals surface area contributed by atoms with Crippen molar-refractivity contribution in [2.24, 2.45) is 0 Å². The van der Waals surface area contributed by atoms with E-state index < -0.39 is 5.60 Å². The second-order valence-electron chi connectivity index (χ2n) is 7.26. The molecule has 0 saturated heterocycles. The highest BCUT2D eigenvalue weighted by molar-refractivity contribution is 5.65. The Morgan fingerprint density at radius 3 is 2.69 bits per heavy atom. The van der Waals surface area contributed by atoms with Crippen molar-refractivity contribution in [2.75, 3.05) is 5.73 Å².